The summed E-state index contributed by atoms with van der Waals surface area (Å²) in [5.74, 6) is 0.859. The summed E-state index contributed by atoms with van der Waals surface area (Å²) in [5, 5.41) is 9.14. The molecule has 1 unspecified atom stereocenters. The van der Waals surface area contributed by atoms with Crippen molar-refractivity contribution in [2.75, 3.05) is 18.0 Å². The van der Waals surface area contributed by atoms with Crippen molar-refractivity contribution in [3.8, 4) is 0 Å². The van der Waals surface area contributed by atoms with Crippen LogP contribution in [0.3, 0.4) is 0 Å². The summed E-state index contributed by atoms with van der Waals surface area (Å²) in [7, 11) is 0. The highest BCUT2D eigenvalue weighted by Crippen LogP contribution is 2.27. The fraction of sp³-hybridized carbons (Fsp3) is 0.571. The fourth-order valence-electron chi connectivity index (χ4n) is 2.45. The molecule has 1 aliphatic rings. The van der Waals surface area contributed by atoms with Gasteiger partial charge in [-0.3, -0.25) is 0 Å². The first-order chi connectivity index (χ1) is 7.74. The van der Waals surface area contributed by atoms with Gasteiger partial charge in [0, 0.05) is 18.8 Å². The first kappa shape index (κ1) is 11.5. The maximum Gasteiger partial charge on any atom is 0.0684 e. The first-order valence-corrected chi connectivity index (χ1v) is 6.20. The van der Waals surface area contributed by atoms with Crippen LogP contribution >= 0.6 is 0 Å². The van der Waals surface area contributed by atoms with Crippen LogP contribution in [0.2, 0.25) is 0 Å². The summed E-state index contributed by atoms with van der Waals surface area (Å²) in [4.78, 5) is 2.46. The van der Waals surface area contributed by atoms with E-state index in [0.717, 1.165) is 11.5 Å². The van der Waals surface area contributed by atoms with E-state index < -0.39 is 0 Å². The van der Waals surface area contributed by atoms with Crippen molar-refractivity contribution < 1.29 is 5.11 Å². The molecule has 16 heavy (non-hydrogen) atoms. The quantitative estimate of drug-likeness (QED) is 0.845. The summed E-state index contributed by atoms with van der Waals surface area (Å²) < 4.78 is 0. The summed E-state index contributed by atoms with van der Waals surface area (Å²) in [6.45, 7) is 6.85. The van der Waals surface area contributed by atoms with Gasteiger partial charge in [-0.15, -0.1) is 0 Å². The monoisotopic (exact) mass is 219 g/mol. The third kappa shape index (κ3) is 2.22. The van der Waals surface area contributed by atoms with Gasteiger partial charge in [-0.25, -0.2) is 0 Å². The Kier molecular flexibility index (Phi) is 3.49. The minimum absolute atomic E-state index is 0.143. The minimum atomic E-state index is 0.143. The van der Waals surface area contributed by atoms with E-state index in [4.69, 9.17) is 5.11 Å². The third-order valence-electron chi connectivity index (χ3n) is 3.72. The molecule has 1 aromatic carbocycles. The lowest BCUT2D eigenvalue weighted by Gasteiger charge is -2.19. The average molecular weight is 219 g/mol. The topological polar surface area (TPSA) is 23.5 Å². The van der Waals surface area contributed by atoms with Crippen molar-refractivity contribution in [1.29, 1.82) is 0 Å². The Morgan fingerprint density at radius 2 is 2.25 bits per heavy atom. The molecule has 1 aliphatic heterocycles. The molecule has 88 valence electrons. The van der Waals surface area contributed by atoms with E-state index in [2.05, 4.69) is 30.9 Å². The van der Waals surface area contributed by atoms with Crippen molar-refractivity contribution in [1.82, 2.24) is 0 Å². The van der Waals surface area contributed by atoms with Gasteiger partial charge in [-0.1, -0.05) is 19.4 Å². The lowest BCUT2D eigenvalue weighted by molar-refractivity contribution is 0.281. The molecule has 2 heteroatoms. The maximum atomic E-state index is 9.14. The Bertz CT molecular complexity index is 362. The predicted octanol–water partition coefficient (Wildman–Crippen LogP) is 2.72. The van der Waals surface area contributed by atoms with Crippen LogP contribution in [0.1, 0.15) is 30.9 Å². The Morgan fingerprint density at radius 1 is 1.44 bits per heavy atom. The second-order valence-corrected chi connectivity index (χ2v) is 4.78. The van der Waals surface area contributed by atoms with Crippen LogP contribution in [-0.4, -0.2) is 18.2 Å². The lowest BCUT2D eigenvalue weighted by Crippen LogP contribution is -2.19. The molecule has 0 bridgehead atoms. The van der Waals surface area contributed by atoms with E-state index in [1.54, 1.807) is 0 Å². The van der Waals surface area contributed by atoms with E-state index >= 15 is 0 Å². The van der Waals surface area contributed by atoms with Gasteiger partial charge >= 0.3 is 0 Å². The first-order valence-electron chi connectivity index (χ1n) is 6.20. The zero-order valence-electron chi connectivity index (χ0n) is 10.2. The fourth-order valence-corrected chi connectivity index (χ4v) is 2.45. The number of aliphatic hydroxyl groups excluding tert-OH is 1. The molecule has 0 saturated carbocycles. The average Bonchev–Trinajstić information content (AvgIpc) is 2.77. The molecule has 1 saturated heterocycles. The molecule has 0 aliphatic carbocycles. The third-order valence-corrected chi connectivity index (χ3v) is 3.72. The van der Waals surface area contributed by atoms with Crippen molar-refractivity contribution in [3.05, 3.63) is 29.3 Å². The van der Waals surface area contributed by atoms with Crippen molar-refractivity contribution >= 4 is 5.69 Å². The molecule has 2 rings (SSSR count). The number of hydrogen-bond donors (Lipinski definition) is 1. The Labute approximate surface area is 97.9 Å². The standard InChI is InChI=1S/C14H21NO/c1-3-12-6-7-15(9-12)14-5-4-13(10-16)11(2)8-14/h4-5,8,12,16H,3,6-7,9-10H2,1-2H3. The zero-order chi connectivity index (χ0) is 11.5. The second-order valence-electron chi connectivity index (χ2n) is 4.78. The van der Waals surface area contributed by atoms with E-state index in [1.807, 2.05) is 6.07 Å². The Balaban J connectivity index is 2.13. The normalized spacial score (nSPS) is 20.4. The highest BCUT2D eigenvalue weighted by atomic mass is 16.3. The molecule has 1 atom stereocenters. The molecule has 0 radical (unpaired) electrons. The Morgan fingerprint density at radius 3 is 2.81 bits per heavy atom. The van der Waals surface area contributed by atoms with E-state index in [0.29, 0.717) is 0 Å². The summed E-state index contributed by atoms with van der Waals surface area (Å²) in [6.07, 6.45) is 2.60. The zero-order valence-corrected chi connectivity index (χ0v) is 10.2. The number of nitrogens with zero attached hydrogens (tertiary/aromatic N) is 1. The van der Waals surface area contributed by atoms with Gasteiger partial charge in [0.2, 0.25) is 0 Å². The molecule has 0 aromatic heterocycles. The van der Waals surface area contributed by atoms with Crippen LogP contribution in [0.15, 0.2) is 18.2 Å². The summed E-state index contributed by atoms with van der Waals surface area (Å²) in [6, 6.07) is 6.38. The molecule has 0 spiro atoms. The number of anilines is 1. The molecule has 2 nitrogen and oxygen atoms in total. The van der Waals surface area contributed by atoms with Crippen LogP contribution in [0.4, 0.5) is 5.69 Å². The summed E-state index contributed by atoms with van der Waals surface area (Å²) in [5.41, 5.74) is 3.54. The van der Waals surface area contributed by atoms with Gasteiger partial charge in [-0.2, -0.15) is 0 Å². The van der Waals surface area contributed by atoms with Gasteiger partial charge in [0.1, 0.15) is 0 Å². The van der Waals surface area contributed by atoms with Gasteiger partial charge in [0.05, 0.1) is 6.61 Å². The van der Waals surface area contributed by atoms with Crippen LogP contribution in [0, 0.1) is 12.8 Å². The van der Waals surface area contributed by atoms with E-state index in [9.17, 15) is 0 Å². The molecular weight excluding hydrogens is 198 g/mol. The van der Waals surface area contributed by atoms with E-state index in [1.165, 1.54) is 37.2 Å². The molecule has 1 fully saturated rings. The highest BCUT2D eigenvalue weighted by molar-refractivity contribution is 5.51. The van der Waals surface area contributed by atoms with Crippen LogP contribution < -0.4 is 4.90 Å². The molecule has 1 heterocycles. The number of aliphatic hydroxyl groups is 1. The van der Waals surface area contributed by atoms with Crippen LogP contribution in [-0.2, 0) is 6.61 Å². The lowest BCUT2D eigenvalue weighted by atomic mass is 10.1. The van der Waals surface area contributed by atoms with Crippen molar-refractivity contribution in [2.24, 2.45) is 5.92 Å². The number of benzene rings is 1. The molecular formula is C14H21NO. The van der Waals surface area contributed by atoms with Gasteiger partial charge < -0.3 is 10.0 Å². The van der Waals surface area contributed by atoms with Crippen molar-refractivity contribution in [2.45, 2.75) is 33.3 Å². The minimum Gasteiger partial charge on any atom is -0.392 e. The van der Waals surface area contributed by atoms with Crippen LogP contribution in [0.5, 0.6) is 0 Å². The molecule has 0 amide bonds. The second kappa shape index (κ2) is 4.88. The molecule has 1 aromatic rings. The van der Waals surface area contributed by atoms with E-state index in [-0.39, 0.29) is 6.61 Å². The SMILES string of the molecule is CCC1CCN(c2ccc(CO)c(C)c2)C1. The maximum absolute atomic E-state index is 9.14. The predicted molar refractivity (Wildman–Crippen MR) is 67.7 cm³/mol. The Hall–Kier alpha value is -1.02. The smallest absolute Gasteiger partial charge is 0.0684 e. The van der Waals surface area contributed by atoms with Gasteiger partial charge in [0.25, 0.3) is 0 Å². The number of rotatable bonds is 3. The largest absolute Gasteiger partial charge is 0.392 e. The number of hydrogen-bond acceptors (Lipinski definition) is 2. The van der Waals surface area contributed by atoms with Gasteiger partial charge in [0.15, 0.2) is 0 Å². The summed E-state index contributed by atoms with van der Waals surface area (Å²) >= 11 is 0. The van der Waals surface area contributed by atoms with Crippen LogP contribution in [0.25, 0.3) is 0 Å². The number of aryl methyl sites for hydroxylation is 1. The van der Waals surface area contributed by atoms with Crippen molar-refractivity contribution in [3.63, 3.8) is 0 Å². The molecule has 1 N–H and O–H groups in total. The van der Waals surface area contributed by atoms with Gasteiger partial charge in [-0.05, 0) is 42.5 Å². The highest BCUT2D eigenvalue weighted by Gasteiger charge is 2.21.